The minimum atomic E-state index is -1.04. The van der Waals surface area contributed by atoms with Gasteiger partial charge in [0.1, 0.15) is 17.7 Å². The summed E-state index contributed by atoms with van der Waals surface area (Å²) in [5, 5.41) is 10.6. The Morgan fingerprint density at radius 3 is 2.67 bits per heavy atom. The first-order valence-electron chi connectivity index (χ1n) is 4.99. The number of hydrogen-bond acceptors (Lipinski definition) is 3. The monoisotopic (exact) mass is 350 g/mol. The zero-order valence-corrected chi connectivity index (χ0v) is 12.4. The van der Waals surface area contributed by atoms with Crippen LogP contribution >= 0.6 is 38.9 Å². The molecule has 0 fully saturated rings. The molecule has 0 saturated heterocycles. The number of rotatable bonds is 3. The third kappa shape index (κ3) is 2.69. The Kier molecular flexibility index (Phi) is 4.27. The summed E-state index contributed by atoms with van der Waals surface area (Å²) in [4.78, 5) is 0.580. The molecule has 0 spiro atoms. The molecule has 1 atom stereocenters. The highest BCUT2D eigenvalue weighted by Gasteiger charge is 2.19. The van der Waals surface area contributed by atoms with Crippen molar-refractivity contribution in [2.45, 2.75) is 6.10 Å². The lowest BCUT2D eigenvalue weighted by atomic mass is 10.1. The molecule has 2 nitrogen and oxygen atoms in total. The summed E-state index contributed by atoms with van der Waals surface area (Å²) in [5.74, 6) is -0.101. The Bertz CT molecular complexity index is 554. The van der Waals surface area contributed by atoms with Gasteiger partial charge in [-0.2, -0.15) is 0 Å². The quantitative estimate of drug-likeness (QED) is 0.888. The molecule has 1 aromatic carbocycles. The SMILES string of the molecule is COc1ccc(C(O)c2cc(Cl)c(Br)s2)c(F)c1. The fraction of sp³-hybridized carbons (Fsp3) is 0.167. The lowest BCUT2D eigenvalue weighted by Gasteiger charge is -2.11. The molecule has 96 valence electrons. The summed E-state index contributed by atoms with van der Waals surface area (Å²) in [6.07, 6.45) is -1.04. The van der Waals surface area contributed by atoms with E-state index in [2.05, 4.69) is 15.9 Å². The van der Waals surface area contributed by atoms with Crippen LogP contribution in [0.2, 0.25) is 5.02 Å². The van der Waals surface area contributed by atoms with Gasteiger partial charge in [0, 0.05) is 16.5 Å². The van der Waals surface area contributed by atoms with Gasteiger partial charge in [0.25, 0.3) is 0 Å². The Hall–Kier alpha value is -0.620. The van der Waals surface area contributed by atoms with E-state index in [9.17, 15) is 9.50 Å². The van der Waals surface area contributed by atoms with Crippen molar-refractivity contribution in [1.29, 1.82) is 0 Å². The van der Waals surface area contributed by atoms with Crippen LogP contribution in [0.5, 0.6) is 5.75 Å². The number of aliphatic hydroxyl groups is 1. The van der Waals surface area contributed by atoms with Crippen molar-refractivity contribution < 1.29 is 14.2 Å². The largest absolute Gasteiger partial charge is 0.497 e. The first kappa shape index (κ1) is 13.8. The van der Waals surface area contributed by atoms with E-state index >= 15 is 0 Å². The topological polar surface area (TPSA) is 29.5 Å². The Balaban J connectivity index is 2.36. The zero-order valence-electron chi connectivity index (χ0n) is 9.28. The summed E-state index contributed by atoms with van der Waals surface area (Å²) in [7, 11) is 1.46. The molecule has 0 bridgehead atoms. The van der Waals surface area contributed by atoms with Crippen LogP contribution in [-0.2, 0) is 0 Å². The van der Waals surface area contributed by atoms with Gasteiger partial charge in [0.2, 0.25) is 0 Å². The maximum atomic E-state index is 13.8. The van der Waals surface area contributed by atoms with Gasteiger partial charge in [-0.15, -0.1) is 11.3 Å². The van der Waals surface area contributed by atoms with Crippen LogP contribution in [0, 0.1) is 5.82 Å². The van der Waals surface area contributed by atoms with Gasteiger partial charge in [-0.3, -0.25) is 0 Å². The van der Waals surface area contributed by atoms with E-state index in [1.54, 1.807) is 12.1 Å². The molecule has 0 radical (unpaired) electrons. The van der Waals surface area contributed by atoms with Crippen LogP contribution in [0.25, 0.3) is 0 Å². The highest BCUT2D eigenvalue weighted by Crippen LogP contribution is 2.38. The number of ether oxygens (including phenoxy) is 1. The fourth-order valence-electron chi connectivity index (χ4n) is 1.51. The van der Waals surface area contributed by atoms with Crippen molar-refractivity contribution >= 4 is 38.9 Å². The minimum Gasteiger partial charge on any atom is -0.497 e. The molecule has 0 saturated carbocycles. The lowest BCUT2D eigenvalue weighted by Crippen LogP contribution is -2.00. The second-order valence-corrected chi connectivity index (χ2v) is 6.37. The van der Waals surface area contributed by atoms with E-state index < -0.39 is 11.9 Å². The number of methoxy groups -OCH3 is 1. The average Bonchev–Trinajstić information content (AvgIpc) is 2.68. The highest BCUT2D eigenvalue weighted by atomic mass is 79.9. The summed E-state index contributed by atoms with van der Waals surface area (Å²) in [5.41, 5.74) is 0.196. The standard InChI is InChI=1S/C12H9BrClFO2S/c1-17-6-2-3-7(9(15)4-6)11(16)10-5-8(14)12(13)18-10/h2-5,11,16H,1H3. The van der Waals surface area contributed by atoms with Gasteiger partial charge >= 0.3 is 0 Å². The Morgan fingerprint density at radius 1 is 1.44 bits per heavy atom. The summed E-state index contributed by atoms with van der Waals surface area (Å²) in [6.45, 7) is 0. The molecule has 1 N–H and O–H groups in total. The number of aliphatic hydroxyl groups excluding tert-OH is 1. The number of benzene rings is 1. The molecule has 18 heavy (non-hydrogen) atoms. The van der Waals surface area contributed by atoms with Crippen molar-refractivity contribution in [2.75, 3.05) is 7.11 Å². The third-order valence-electron chi connectivity index (χ3n) is 2.44. The smallest absolute Gasteiger partial charge is 0.133 e. The maximum absolute atomic E-state index is 13.8. The molecule has 2 rings (SSSR count). The van der Waals surface area contributed by atoms with E-state index in [4.69, 9.17) is 16.3 Å². The van der Waals surface area contributed by atoms with Crippen molar-refractivity contribution in [2.24, 2.45) is 0 Å². The maximum Gasteiger partial charge on any atom is 0.133 e. The number of thiophene rings is 1. The van der Waals surface area contributed by atoms with Crippen LogP contribution in [0.1, 0.15) is 16.5 Å². The molecule has 0 aliphatic carbocycles. The van der Waals surface area contributed by atoms with E-state index in [0.29, 0.717) is 19.4 Å². The first-order valence-corrected chi connectivity index (χ1v) is 6.98. The summed E-state index contributed by atoms with van der Waals surface area (Å²) < 4.78 is 19.4. The van der Waals surface area contributed by atoms with Gasteiger partial charge < -0.3 is 9.84 Å². The second-order valence-electron chi connectivity index (χ2n) is 3.56. The molecule has 0 amide bonds. The number of halogens is 3. The van der Waals surface area contributed by atoms with Gasteiger partial charge in [-0.25, -0.2) is 4.39 Å². The summed E-state index contributed by atoms with van der Waals surface area (Å²) in [6, 6.07) is 5.96. The van der Waals surface area contributed by atoms with Gasteiger partial charge in [0.15, 0.2) is 0 Å². The fourth-order valence-corrected chi connectivity index (χ4v) is 3.26. The molecule has 1 unspecified atom stereocenters. The van der Waals surface area contributed by atoms with Crippen molar-refractivity contribution in [3.63, 3.8) is 0 Å². The van der Waals surface area contributed by atoms with E-state index in [1.807, 2.05) is 0 Å². The molecule has 2 aromatic rings. The van der Waals surface area contributed by atoms with Gasteiger partial charge in [-0.1, -0.05) is 11.6 Å². The van der Waals surface area contributed by atoms with Gasteiger partial charge in [0.05, 0.1) is 15.9 Å². The first-order chi connectivity index (χ1) is 8.52. The van der Waals surface area contributed by atoms with Crippen molar-refractivity contribution in [3.05, 3.63) is 49.3 Å². The van der Waals surface area contributed by atoms with E-state index in [0.717, 1.165) is 0 Å². The van der Waals surface area contributed by atoms with E-state index in [-0.39, 0.29) is 5.56 Å². The minimum absolute atomic E-state index is 0.196. The van der Waals surface area contributed by atoms with Gasteiger partial charge in [-0.05, 0) is 34.1 Å². The molecular formula is C12H9BrClFO2S. The molecule has 0 aliphatic rings. The Labute approximate surface area is 121 Å². The van der Waals surface area contributed by atoms with Crippen molar-refractivity contribution in [3.8, 4) is 5.75 Å². The van der Waals surface area contributed by atoms with Crippen molar-refractivity contribution in [1.82, 2.24) is 0 Å². The zero-order chi connectivity index (χ0) is 13.3. The Morgan fingerprint density at radius 2 is 2.17 bits per heavy atom. The molecule has 1 aromatic heterocycles. The average molecular weight is 352 g/mol. The highest BCUT2D eigenvalue weighted by molar-refractivity contribution is 9.11. The normalized spacial score (nSPS) is 12.5. The second kappa shape index (κ2) is 5.57. The molecule has 0 aliphatic heterocycles. The molecule has 1 heterocycles. The summed E-state index contributed by atoms with van der Waals surface area (Å²) >= 11 is 10.4. The van der Waals surface area contributed by atoms with Crippen LogP contribution in [0.15, 0.2) is 28.1 Å². The predicted octanol–water partition coefficient (Wildman–Crippen LogP) is 4.39. The van der Waals surface area contributed by atoms with Crippen LogP contribution in [0.3, 0.4) is 0 Å². The van der Waals surface area contributed by atoms with Crippen LogP contribution in [0.4, 0.5) is 4.39 Å². The van der Waals surface area contributed by atoms with Crippen LogP contribution < -0.4 is 4.74 Å². The predicted molar refractivity (Wildman–Crippen MR) is 74.0 cm³/mol. The molecule has 6 heteroatoms. The van der Waals surface area contributed by atoms with Crippen LogP contribution in [-0.4, -0.2) is 12.2 Å². The lowest BCUT2D eigenvalue weighted by molar-refractivity contribution is 0.218. The number of hydrogen-bond donors (Lipinski definition) is 1. The third-order valence-corrected chi connectivity index (χ3v) is 4.96. The molecular weight excluding hydrogens is 343 g/mol. The van der Waals surface area contributed by atoms with E-state index in [1.165, 1.54) is 30.6 Å².